The lowest BCUT2D eigenvalue weighted by molar-refractivity contribution is -0.143. The molecule has 0 fully saturated rings. The van der Waals surface area contributed by atoms with Crippen molar-refractivity contribution in [2.75, 3.05) is 13.2 Å². The number of nitrogens with one attached hydrogen (secondary N) is 1. The fourth-order valence-corrected chi connectivity index (χ4v) is 7.81. The molecule has 0 aromatic heterocycles. The summed E-state index contributed by atoms with van der Waals surface area (Å²) >= 11 is 0. The molecule has 342 valence electrons. The van der Waals surface area contributed by atoms with Crippen LogP contribution in [-0.4, -0.2) is 47.4 Å². The second kappa shape index (κ2) is 48.0. The summed E-state index contributed by atoms with van der Waals surface area (Å²) in [5.41, 5.74) is 0. The highest BCUT2D eigenvalue weighted by atomic mass is 16.5. The van der Waals surface area contributed by atoms with Crippen molar-refractivity contribution in [1.29, 1.82) is 0 Å². The predicted octanol–water partition coefficient (Wildman–Crippen LogP) is 15.1. The summed E-state index contributed by atoms with van der Waals surface area (Å²) in [6.07, 6.45) is 55.8. The van der Waals surface area contributed by atoms with E-state index in [2.05, 4.69) is 43.5 Å². The van der Waals surface area contributed by atoms with Crippen molar-refractivity contribution in [3.63, 3.8) is 0 Å². The molecule has 6 nitrogen and oxygen atoms in total. The molecule has 3 N–H and O–H groups in total. The number of rotatable bonds is 47. The molecule has 0 saturated carbocycles. The van der Waals surface area contributed by atoms with Crippen molar-refractivity contribution in [2.24, 2.45) is 0 Å². The van der Waals surface area contributed by atoms with Crippen molar-refractivity contribution in [2.45, 2.75) is 283 Å². The van der Waals surface area contributed by atoms with Gasteiger partial charge in [-0.3, -0.25) is 9.59 Å². The fraction of sp³-hybridized carbons (Fsp3) is 0.885. The summed E-state index contributed by atoms with van der Waals surface area (Å²) in [6.45, 7) is 4.89. The van der Waals surface area contributed by atoms with Gasteiger partial charge in [-0.1, -0.05) is 224 Å². The van der Waals surface area contributed by atoms with Gasteiger partial charge in [0.2, 0.25) is 5.91 Å². The van der Waals surface area contributed by atoms with E-state index >= 15 is 0 Å². The van der Waals surface area contributed by atoms with Crippen LogP contribution < -0.4 is 5.32 Å². The van der Waals surface area contributed by atoms with Crippen LogP contribution in [0.15, 0.2) is 24.3 Å². The van der Waals surface area contributed by atoms with Crippen LogP contribution in [0.25, 0.3) is 0 Å². The van der Waals surface area contributed by atoms with Crippen LogP contribution in [0.2, 0.25) is 0 Å². The van der Waals surface area contributed by atoms with Gasteiger partial charge in [0.1, 0.15) is 0 Å². The molecular weight excluding hydrogens is 719 g/mol. The van der Waals surface area contributed by atoms with Gasteiger partial charge in [0.25, 0.3) is 0 Å². The zero-order chi connectivity index (χ0) is 42.3. The average Bonchev–Trinajstić information content (AvgIpc) is 3.22. The summed E-state index contributed by atoms with van der Waals surface area (Å²) in [5.74, 6) is -0.0778. The normalized spacial score (nSPS) is 12.8. The molecule has 0 aromatic carbocycles. The van der Waals surface area contributed by atoms with E-state index in [1.54, 1.807) is 0 Å². The first kappa shape index (κ1) is 56.3. The van der Waals surface area contributed by atoms with Gasteiger partial charge in [0.15, 0.2) is 0 Å². The molecule has 0 heterocycles. The Morgan fingerprint density at radius 3 is 1.28 bits per heavy atom. The van der Waals surface area contributed by atoms with Crippen LogP contribution >= 0.6 is 0 Å². The number of aliphatic hydroxyl groups excluding tert-OH is 2. The molecule has 1 amide bonds. The van der Waals surface area contributed by atoms with Crippen LogP contribution in [0, 0.1) is 0 Å². The molecule has 0 bridgehead atoms. The molecule has 2 atom stereocenters. The standard InChI is InChI=1S/C52H99NO5/c1-3-5-7-9-11-13-15-17-22-26-30-34-38-42-46-52(57)58-47-43-39-35-31-27-23-20-18-19-21-25-29-33-37-41-45-51(56)53-49(48-54)50(55)44-40-36-32-28-24-16-14-12-10-8-6-4-2/h18,20,23,27,49-50,54-55H,3-17,19,21-22,24-26,28-48H2,1-2H3,(H,53,56)/b20-18-,27-23-. The minimum absolute atomic E-state index is 0.0197. The van der Waals surface area contributed by atoms with Gasteiger partial charge in [-0.05, 0) is 57.8 Å². The largest absolute Gasteiger partial charge is 0.466 e. The Bertz CT molecular complexity index is 904. The molecule has 0 saturated heterocycles. The molecule has 0 aliphatic rings. The number of esters is 1. The number of carbonyl (C=O) groups excluding carboxylic acids is 2. The van der Waals surface area contributed by atoms with Crippen LogP contribution in [0.5, 0.6) is 0 Å². The number of amides is 1. The molecule has 6 heteroatoms. The first-order chi connectivity index (χ1) is 28.5. The maximum absolute atomic E-state index is 12.4. The zero-order valence-corrected chi connectivity index (χ0v) is 38.8. The fourth-order valence-electron chi connectivity index (χ4n) is 7.81. The lowest BCUT2D eigenvalue weighted by Crippen LogP contribution is -2.45. The molecule has 0 radical (unpaired) electrons. The summed E-state index contributed by atoms with van der Waals surface area (Å²) in [4.78, 5) is 24.4. The highest BCUT2D eigenvalue weighted by molar-refractivity contribution is 5.76. The molecular formula is C52H99NO5. The Morgan fingerprint density at radius 1 is 0.483 bits per heavy atom. The molecule has 0 aliphatic carbocycles. The number of unbranched alkanes of at least 4 members (excludes halogenated alkanes) is 33. The van der Waals surface area contributed by atoms with E-state index in [9.17, 15) is 19.8 Å². The maximum atomic E-state index is 12.4. The van der Waals surface area contributed by atoms with Gasteiger partial charge in [-0.2, -0.15) is 0 Å². The zero-order valence-electron chi connectivity index (χ0n) is 38.8. The van der Waals surface area contributed by atoms with Gasteiger partial charge in [-0.15, -0.1) is 0 Å². The van der Waals surface area contributed by atoms with Gasteiger partial charge < -0.3 is 20.3 Å². The number of ether oxygens (including phenoxy) is 1. The summed E-state index contributed by atoms with van der Waals surface area (Å²) in [7, 11) is 0. The third-order valence-electron chi connectivity index (χ3n) is 11.8. The maximum Gasteiger partial charge on any atom is 0.305 e. The predicted molar refractivity (Wildman–Crippen MR) is 250 cm³/mol. The Kier molecular flexibility index (Phi) is 46.6. The molecule has 0 spiro atoms. The van der Waals surface area contributed by atoms with Crippen LogP contribution in [0.4, 0.5) is 0 Å². The number of hydrogen-bond donors (Lipinski definition) is 3. The van der Waals surface area contributed by atoms with Gasteiger partial charge in [-0.25, -0.2) is 0 Å². The molecule has 0 aliphatic heterocycles. The third-order valence-corrected chi connectivity index (χ3v) is 11.8. The number of hydrogen-bond acceptors (Lipinski definition) is 5. The van der Waals surface area contributed by atoms with E-state index in [-0.39, 0.29) is 18.5 Å². The summed E-state index contributed by atoms with van der Waals surface area (Å²) < 4.78 is 5.44. The monoisotopic (exact) mass is 818 g/mol. The van der Waals surface area contributed by atoms with E-state index in [1.807, 2.05) is 0 Å². The SMILES string of the molecule is CCCCCCCCCCCCCCCCC(=O)OCCCCC/C=C\C=C/CCCCCCCCC(=O)NC(CO)C(O)CCCCCCCCCCCCCC. The van der Waals surface area contributed by atoms with Gasteiger partial charge in [0, 0.05) is 12.8 Å². The van der Waals surface area contributed by atoms with E-state index in [1.165, 1.54) is 161 Å². The molecule has 0 aromatic rings. The van der Waals surface area contributed by atoms with E-state index in [0.29, 0.717) is 25.9 Å². The van der Waals surface area contributed by atoms with E-state index in [4.69, 9.17) is 4.74 Å². The van der Waals surface area contributed by atoms with Crippen molar-refractivity contribution in [3.05, 3.63) is 24.3 Å². The Balaban J connectivity index is 3.51. The number of allylic oxidation sites excluding steroid dienone is 4. The number of aliphatic hydroxyl groups is 2. The summed E-state index contributed by atoms with van der Waals surface area (Å²) in [5, 5.41) is 23.1. The second-order valence-corrected chi connectivity index (χ2v) is 17.5. The first-order valence-electron chi connectivity index (χ1n) is 25.6. The number of carbonyl (C=O) groups is 2. The minimum Gasteiger partial charge on any atom is -0.466 e. The van der Waals surface area contributed by atoms with Crippen molar-refractivity contribution >= 4 is 11.9 Å². The van der Waals surface area contributed by atoms with Gasteiger partial charge in [0.05, 0.1) is 25.4 Å². The van der Waals surface area contributed by atoms with E-state index in [0.717, 1.165) is 77.0 Å². The van der Waals surface area contributed by atoms with Crippen molar-refractivity contribution in [1.82, 2.24) is 5.32 Å². The third kappa shape index (κ3) is 43.9. The van der Waals surface area contributed by atoms with Gasteiger partial charge >= 0.3 is 5.97 Å². The Labute approximate surface area is 361 Å². The lowest BCUT2D eigenvalue weighted by atomic mass is 10.0. The first-order valence-corrected chi connectivity index (χ1v) is 25.6. The second-order valence-electron chi connectivity index (χ2n) is 17.5. The molecule has 2 unspecified atom stereocenters. The highest BCUT2D eigenvalue weighted by Gasteiger charge is 2.20. The van der Waals surface area contributed by atoms with Crippen molar-refractivity contribution < 1.29 is 24.5 Å². The molecule has 58 heavy (non-hydrogen) atoms. The average molecular weight is 818 g/mol. The van der Waals surface area contributed by atoms with Crippen LogP contribution in [0.3, 0.4) is 0 Å². The van der Waals surface area contributed by atoms with Crippen molar-refractivity contribution in [3.8, 4) is 0 Å². The topological polar surface area (TPSA) is 95.9 Å². The molecule has 0 rings (SSSR count). The summed E-state index contributed by atoms with van der Waals surface area (Å²) in [6, 6.07) is -0.556. The van der Waals surface area contributed by atoms with E-state index < -0.39 is 12.1 Å². The lowest BCUT2D eigenvalue weighted by Gasteiger charge is -2.22. The quantitative estimate of drug-likeness (QED) is 0.0323. The Morgan fingerprint density at radius 2 is 0.845 bits per heavy atom. The van der Waals surface area contributed by atoms with Crippen LogP contribution in [0.1, 0.15) is 271 Å². The highest BCUT2D eigenvalue weighted by Crippen LogP contribution is 2.16. The smallest absolute Gasteiger partial charge is 0.305 e. The minimum atomic E-state index is -0.677. The van der Waals surface area contributed by atoms with Crippen LogP contribution in [-0.2, 0) is 14.3 Å². The Hall–Kier alpha value is -1.66.